The summed E-state index contributed by atoms with van der Waals surface area (Å²) < 4.78 is 28.1. The zero-order valence-corrected chi connectivity index (χ0v) is 20.1. The van der Waals surface area contributed by atoms with Crippen LogP contribution in [0.4, 0.5) is 8.78 Å². The summed E-state index contributed by atoms with van der Waals surface area (Å²) >= 11 is 1.35. The van der Waals surface area contributed by atoms with Crippen molar-refractivity contribution in [2.45, 2.75) is 56.6 Å². The zero-order chi connectivity index (χ0) is 25.7. The highest BCUT2D eigenvalue weighted by atomic mass is 32.1. The Morgan fingerprint density at radius 3 is 2.69 bits per heavy atom. The third-order valence-electron chi connectivity index (χ3n) is 6.56. The molecule has 1 aliphatic carbocycles. The maximum absolute atomic E-state index is 14.1. The summed E-state index contributed by atoms with van der Waals surface area (Å²) in [4.78, 5) is 38.2. The van der Waals surface area contributed by atoms with E-state index in [0.29, 0.717) is 23.1 Å². The standard InChI is InChI=1S/C24H27F2N5O4S/c25-24(26)7-3-4-14(10-24)16(22(33)31-35)9-21(32)19(8-15-12-36-13-28-15)30-23(34)20-11-27-17-5-1-2-6-18(17)29-20/h1-2,5-6,11-14,16,19,21,32,35H,3-4,7-10H2,(H,30,34)(H,31,33). The van der Waals surface area contributed by atoms with E-state index in [1.165, 1.54) is 17.5 Å². The second-order valence-electron chi connectivity index (χ2n) is 9.11. The molecule has 4 N–H and O–H groups in total. The van der Waals surface area contributed by atoms with Crippen molar-refractivity contribution >= 4 is 34.2 Å². The highest BCUT2D eigenvalue weighted by molar-refractivity contribution is 7.07. The predicted octanol–water partition coefficient (Wildman–Crippen LogP) is 3.13. The Hall–Kier alpha value is -3.09. The molecule has 0 bridgehead atoms. The number of aliphatic hydroxyl groups excluding tert-OH is 1. The molecular formula is C24H27F2N5O4S. The Balaban J connectivity index is 1.54. The number of fused-ring (bicyclic) bond motifs is 1. The van der Waals surface area contributed by atoms with Crippen molar-refractivity contribution in [3.63, 3.8) is 0 Å². The molecule has 2 aromatic heterocycles. The molecule has 1 saturated carbocycles. The minimum atomic E-state index is -2.91. The molecule has 0 radical (unpaired) electrons. The van der Waals surface area contributed by atoms with Gasteiger partial charge in [0.1, 0.15) is 5.69 Å². The number of halogens is 2. The van der Waals surface area contributed by atoms with Gasteiger partial charge >= 0.3 is 0 Å². The van der Waals surface area contributed by atoms with Gasteiger partial charge in [-0.15, -0.1) is 11.3 Å². The van der Waals surface area contributed by atoms with Crippen LogP contribution >= 0.6 is 11.3 Å². The maximum Gasteiger partial charge on any atom is 0.271 e. The van der Waals surface area contributed by atoms with Crippen LogP contribution in [0.25, 0.3) is 11.0 Å². The molecule has 4 atom stereocenters. The van der Waals surface area contributed by atoms with Crippen molar-refractivity contribution in [2.24, 2.45) is 11.8 Å². The van der Waals surface area contributed by atoms with E-state index >= 15 is 0 Å². The van der Waals surface area contributed by atoms with Crippen LogP contribution in [0.3, 0.4) is 0 Å². The Bertz CT molecular complexity index is 1200. The smallest absolute Gasteiger partial charge is 0.271 e. The van der Waals surface area contributed by atoms with Crippen LogP contribution in [0.2, 0.25) is 0 Å². The minimum Gasteiger partial charge on any atom is -0.391 e. The third kappa shape index (κ3) is 6.37. The average Bonchev–Trinajstić information content (AvgIpc) is 3.38. The topological polar surface area (TPSA) is 137 Å². The monoisotopic (exact) mass is 519 g/mol. The summed E-state index contributed by atoms with van der Waals surface area (Å²) in [5.41, 5.74) is 4.97. The van der Waals surface area contributed by atoms with Gasteiger partial charge in [-0.1, -0.05) is 12.1 Å². The Kier molecular flexibility index (Phi) is 8.17. The largest absolute Gasteiger partial charge is 0.391 e. The van der Waals surface area contributed by atoms with E-state index in [0.717, 1.165) is 0 Å². The van der Waals surface area contributed by atoms with Crippen molar-refractivity contribution in [1.82, 2.24) is 25.7 Å². The molecule has 9 nitrogen and oxygen atoms in total. The third-order valence-corrected chi connectivity index (χ3v) is 7.20. The fourth-order valence-electron chi connectivity index (χ4n) is 4.73. The Labute approximate surface area is 210 Å². The molecule has 12 heteroatoms. The van der Waals surface area contributed by atoms with Crippen LogP contribution < -0.4 is 10.8 Å². The van der Waals surface area contributed by atoms with Crippen LogP contribution in [0.5, 0.6) is 0 Å². The fraction of sp³-hybridized carbons (Fsp3) is 0.458. The summed E-state index contributed by atoms with van der Waals surface area (Å²) in [6, 6.07) is 6.16. The van der Waals surface area contributed by atoms with Gasteiger partial charge in [-0.2, -0.15) is 0 Å². The van der Waals surface area contributed by atoms with Crippen LogP contribution in [-0.4, -0.2) is 55.1 Å². The van der Waals surface area contributed by atoms with E-state index in [1.807, 2.05) is 0 Å². The van der Waals surface area contributed by atoms with Gasteiger partial charge < -0.3 is 10.4 Å². The first kappa shape index (κ1) is 26.0. The number of nitrogens with zero attached hydrogens (tertiary/aromatic N) is 3. The van der Waals surface area contributed by atoms with Crippen molar-refractivity contribution < 1.29 is 28.7 Å². The van der Waals surface area contributed by atoms with Gasteiger partial charge in [-0.25, -0.2) is 24.2 Å². The Morgan fingerprint density at radius 1 is 1.22 bits per heavy atom. The number of aliphatic hydroxyl groups is 1. The number of rotatable bonds is 9. The number of nitrogens with one attached hydrogen (secondary N) is 2. The number of carbonyl (C=O) groups is 2. The maximum atomic E-state index is 14.1. The summed E-state index contributed by atoms with van der Waals surface area (Å²) in [6.07, 6.45) is -0.198. The molecule has 3 aromatic rings. The van der Waals surface area contributed by atoms with Crippen LogP contribution in [0, 0.1) is 11.8 Å². The molecule has 2 heterocycles. The first-order valence-corrected chi connectivity index (χ1v) is 12.6. The number of para-hydroxylation sites is 2. The van der Waals surface area contributed by atoms with Crippen LogP contribution in [0.1, 0.15) is 48.3 Å². The molecular weight excluding hydrogens is 492 g/mol. The second kappa shape index (κ2) is 11.3. The summed E-state index contributed by atoms with van der Waals surface area (Å²) in [6.45, 7) is 0. The van der Waals surface area contributed by atoms with E-state index in [4.69, 9.17) is 0 Å². The molecule has 1 aromatic carbocycles. The number of hydrogen-bond donors (Lipinski definition) is 4. The summed E-state index contributed by atoms with van der Waals surface area (Å²) in [5, 5.41) is 24.9. The fourth-order valence-corrected chi connectivity index (χ4v) is 5.30. The number of alkyl halides is 2. The van der Waals surface area contributed by atoms with E-state index < -0.39 is 48.1 Å². The van der Waals surface area contributed by atoms with Gasteiger partial charge in [-0.3, -0.25) is 19.8 Å². The lowest BCUT2D eigenvalue weighted by molar-refractivity contribution is -0.140. The van der Waals surface area contributed by atoms with Gasteiger partial charge in [0.2, 0.25) is 11.8 Å². The van der Waals surface area contributed by atoms with E-state index in [1.54, 1.807) is 40.6 Å². The predicted molar refractivity (Wildman–Crippen MR) is 128 cm³/mol. The van der Waals surface area contributed by atoms with Crippen molar-refractivity contribution in [3.05, 3.63) is 52.7 Å². The first-order valence-electron chi connectivity index (χ1n) is 11.7. The zero-order valence-electron chi connectivity index (χ0n) is 19.3. The van der Waals surface area contributed by atoms with Crippen LogP contribution in [-0.2, 0) is 11.2 Å². The molecule has 0 aliphatic heterocycles. The number of benzene rings is 1. The molecule has 192 valence electrons. The lowest BCUT2D eigenvalue weighted by Crippen LogP contribution is -2.48. The van der Waals surface area contributed by atoms with E-state index in [2.05, 4.69) is 20.3 Å². The normalized spacial score (nSPS) is 19.8. The molecule has 1 aliphatic rings. The van der Waals surface area contributed by atoms with Gasteiger partial charge in [-0.05, 0) is 37.3 Å². The number of hydroxylamine groups is 1. The first-order chi connectivity index (χ1) is 17.3. The molecule has 36 heavy (non-hydrogen) atoms. The highest BCUT2D eigenvalue weighted by Crippen LogP contribution is 2.41. The van der Waals surface area contributed by atoms with E-state index in [-0.39, 0.29) is 31.4 Å². The quantitative estimate of drug-likeness (QED) is 0.252. The van der Waals surface area contributed by atoms with Crippen LogP contribution in [0.15, 0.2) is 41.4 Å². The van der Waals surface area contributed by atoms with E-state index in [9.17, 15) is 28.7 Å². The molecule has 4 rings (SSSR count). The molecule has 0 saturated heterocycles. The lowest BCUT2D eigenvalue weighted by Gasteiger charge is -2.35. The van der Waals surface area contributed by atoms with Crippen molar-refractivity contribution in [2.75, 3.05) is 0 Å². The van der Waals surface area contributed by atoms with Gasteiger partial charge in [0, 0.05) is 30.6 Å². The molecule has 1 fully saturated rings. The van der Waals surface area contributed by atoms with Crippen molar-refractivity contribution in [3.8, 4) is 0 Å². The van der Waals surface area contributed by atoms with Gasteiger partial charge in [0.15, 0.2) is 0 Å². The highest BCUT2D eigenvalue weighted by Gasteiger charge is 2.42. The summed E-state index contributed by atoms with van der Waals surface area (Å²) in [7, 11) is 0. The molecule has 4 unspecified atom stereocenters. The minimum absolute atomic E-state index is 0.0424. The lowest BCUT2D eigenvalue weighted by atomic mass is 9.75. The number of aromatic nitrogens is 3. The van der Waals surface area contributed by atoms with Gasteiger partial charge in [0.25, 0.3) is 5.91 Å². The summed E-state index contributed by atoms with van der Waals surface area (Å²) in [5.74, 6) is -6.12. The number of carbonyl (C=O) groups excluding carboxylic acids is 2. The number of thiazole rings is 1. The van der Waals surface area contributed by atoms with Crippen molar-refractivity contribution in [1.29, 1.82) is 0 Å². The molecule has 2 amide bonds. The second-order valence-corrected chi connectivity index (χ2v) is 9.82. The van der Waals surface area contributed by atoms with Gasteiger partial charge in [0.05, 0.1) is 40.6 Å². The average molecular weight is 520 g/mol. The number of hydrogen-bond acceptors (Lipinski definition) is 8. The molecule has 0 spiro atoms. The SMILES string of the molecule is O=C(NC(Cc1cscn1)C(O)CC(C(=O)NO)C1CCCC(F)(F)C1)c1cnc2ccccc2n1. The Morgan fingerprint density at radius 2 is 2.00 bits per heavy atom. The number of amides is 2.